The lowest BCUT2D eigenvalue weighted by Crippen LogP contribution is -2.31. The van der Waals surface area contributed by atoms with Crippen LogP contribution >= 0.6 is 0 Å². The largest absolute Gasteiger partial charge is 0.496 e. The van der Waals surface area contributed by atoms with Gasteiger partial charge in [-0.05, 0) is 38.3 Å². The molecule has 6 nitrogen and oxygen atoms in total. The van der Waals surface area contributed by atoms with Gasteiger partial charge in [0, 0.05) is 19.3 Å². The van der Waals surface area contributed by atoms with Crippen LogP contribution < -0.4 is 14.4 Å². The lowest BCUT2D eigenvalue weighted by Gasteiger charge is -2.31. The fraction of sp³-hybridized carbons (Fsp3) is 0.474. The molecule has 1 fully saturated rings. The number of esters is 1. The number of carbonyl (C=O) groups excluding carboxylic acids is 1. The smallest absolute Gasteiger partial charge is 0.341 e. The highest BCUT2D eigenvalue weighted by molar-refractivity contribution is 6.09. The molecule has 0 amide bonds. The van der Waals surface area contributed by atoms with E-state index in [-0.39, 0.29) is 5.97 Å². The van der Waals surface area contributed by atoms with E-state index in [4.69, 9.17) is 14.2 Å². The number of methoxy groups -OCH3 is 2. The van der Waals surface area contributed by atoms with Crippen molar-refractivity contribution in [3.8, 4) is 11.5 Å². The van der Waals surface area contributed by atoms with Crippen LogP contribution in [-0.4, -0.2) is 44.9 Å². The van der Waals surface area contributed by atoms with Crippen molar-refractivity contribution in [3.05, 3.63) is 23.9 Å². The maximum absolute atomic E-state index is 12.5. The van der Waals surface area contributed by atoms with Crippen molar-refractivity contribution in [3.63, 3.8) is 0 Å². The molecule has 1 aromatic heterocycles. The van der Waals surface area contributed by atoms with Crippen LogP contribution in [-0.2, 0) is 4.74 Å². The maximum atomic E-state index is 12.5. The molecule has 1 aliphatic rings. The van der Waals surface area contributed by atoms with Gasteiger partial charge in [0.1, 0.15) is 22.6 Å². The summed E-state index contributed by atoms with van der Waals surface area (Å²) in [7, 11) is 3.24. The van der Waals surface area contributed by atoms with Gasteiger partial charge in [-0.25, -0.2) is 4.79 Å². The van der Waals surface area contributed by atoms with E-state index in [0.29, 0.717) is 29.2 Å². The Bertz CT molecular complexity index is 770. The van der Waals surface area contributed by atoms with Crippen molar-refractivity contribution in [2.45, 2.75) is 26.2 Å². The number of ether oxygens (including phenoxy) is 3. The molecule has 3 rings (SSSR count). The Labute approximate surface area is 147 Å². The molecule has 0 aliphatic carbocycles. The van der Waals surface area contributed by atoms with Gasteiger partial charge in [0.05, 0.1) is 31.9 Å². The summed E-state index contributed by atoms with van der Waals surface area (Å²) in [5, 5.41) is 0.800. The second-order valence-electron chi connectivity index (χ2n) is 5.98. The van der Waals surface area contributed by atoms with E-state index >= 15 is 0 Å². The molecule has 0 saturated carbocycles. The third-order valence-corrected chi connectivity index (χ3v) is 4.52. The summed E-state index contributed by atoms with van der Waals surface area (Å²) in [6, 6.07) is 3.68. The summed E-state index contributed by atoms with van der Waals surface area (Å²) >= 11 is 0. The monoisotopic (exact) mass is 344 g/mol. The fourth-order valence-electron chi connectivity index (χ4n) is 3.37. The van der Waals surface area contributed by atoms with Crippen molar-refractivity contribution in [1.82, 2.24) is 4.98 Å². The molecular weight excluding hydrogens is 320 g/mol. The minimum atomic E-state index is -0.359. The molecule has 1 aromatic carbocycles. The average molecular weight is 344 g/mol. The minimum Gasteiger partial charge on any atom is -0.496 e. The van der Waals surface area contributed by atoms with Crippen LogP contribution in [0.3, 0.4) is 0 Å². The predicted octanol–water partition coefficient (Wildman–Crippen LogP) is 3.42. The predicted molar refractivity (Wildman–Crippen MR) is 96.9 cm³/mol. The first-order valence-corrected chi connectivity index (χ1v) is 8.67. The number of piperidine rings is 1. The van der Waals surface area contributed by atoms with Crippen LogP contribution in [0.2, 0.25) is 0 Å². The highest BCUT2D eigenvalue weighted by Gasteiger charge is 2.26. The molecule has 0 bridgehead atoms. The first-order chi connectivity index (χ1) is 12.2. The summed E-state index contributed by atoms with van der Waals surface area (Å²) in [6.45, 7) is 3.92. The number of carbonyl (C=O) groups is 1. The molecule has 25 heavy (non-hydrogen) atoms. The van der Waals surface area contributed by atoms with Gasteiger partial charge < -0.3 is 19.1 Å². The Morgan fingerprint density at radius 3 is 2.44 bits per heavy atom. The number of fused-ring (bicyclic) bond motifs is 1. The summed E-state index contributed by atoms with van der Waals surface area (Å²) in [5.41, 5.74) is 2.00. The lowest BCUT2D eigenvalue weighted by molar-refractivity contribution is 0.0526. The number of pyridine rings is 1. The maximum Gasteiger partial charge on any atom is 0.341 e. The van der Waals surface area contributed by atoms with Crippen molar-refractivity contribution in [2.75, 3.05) is 38.8 Å². The number of hydrogen-bond acceptors (Lipinski definition) is 6. The van der Waals surface area contributed by atoms with Crippen molar-refractivity contribution < 1.29 is 19.0 Å². The third-order valence-electron chi connectivity index (χ3n) is 4.52. The van der Waals surface area contributed by atoms with E-state index in [1.54, 1.807) is 27.3 Å². The van der Waals surface area contributed by atoms with Crippen LogP contribution in [0.15, 0.2) is 18.3 Å². The molecule has 1 aliphatic heterocycles. The Morgan fingerprint density at radius 1 is 1.12 bits per heavy atom. The van der Waals surface area contributed by atoms with Gasteiger partial charge in [-0.1, -0.05) is 0 Å². The molecule has 6 heteroatoms. The minimum absolute atomic E-state index is 0.325. The zero-order valence-electron chi connectivity index (χ0n) is 15.0. The van der Waals surface area contributed by atoms with Crippen LogP contribution in [0.5, 0.6) is 11.5 Å². The SMILES string of the molecule is CCOC(=O)c1cnc2c(OC)ccc(OC)c2c1N1CCCCC1. The second kappa shape index (κ2) is 7.59. The highest BCUT2D eigenvalue weighted by atomic mass is 16.5. The van der Waals surface area contributed by atoms with Crippen LogP contribution in [0, 0.1) is 0 Å². The van der Waals surface area contributed by atoms with Crippen molar-refractivity contribution >= 4 is 22.6 Å². The molecule has 0 atom stereocenters. The molecular formula is C19H24N2O4. The highest BCUT2D eigenvalue weighted by Crippen LogP contribution is 2.41. The van der Waals surface area contributed by atoms with Gasteiger partial charge in [0.15, 0.2) is 0 Å². The molecule has 0 N–H and O–H groups in total. The van der Waals surface area contributed by atoms with E-state index in [1.807, 2.05) is 12.1 Å². The zero-order chi connectivity index (χ0) is 17.8. The summed E-state index contributed by atoms with van der Waals surface area (Å²) < 4.78 is 16.3. The normalized spacial score (nSPS) is 14.4. The second-order valence-corrected chi connectivity index (χ2v) is 5.98. The third kappa shape index (κ3) is 3.21. The number of hydrogen-bond donors (Lipinski definition) is 0. The first kappa shape index (κ1) is 17.3. The topological polar surface area (TPSA) is 60.9 Å². The number of rotatable bonds is 5. The van der Waals surface area contributed by atoms with E-state index < -0.39 is 0 Å². The molecule has 0 unspecified atom stereocenters. The number of benzene rings is 1. The summed E-state index contributed by atoms with van der Waals surface area (Å²) in [5.74, 6) is 0.974. The molecule has 1 saturated heterocycles. The van der Waals surface area contributed by atoms with Crippen molar-refractivity contribution in [1.29, 1.82) is 0 Å². The van der Waals surface area contributed by atoms with Crippen LogP contribution in [0.1, 0.15) is 36.5 Å². The van der Waals surface area contributed by atoms with Crippen LogP contribution in [0.4, 0.5) is 5.69 Å². The van der Waals surface area contributed by atoms with Gasteiger partial charge in [0.2, 0.25) is 0 Å². The number of nitrogens with zero attached hydrogens (tertiary/aromatic N) is 2. The Hall–Kier alpha value is -2.50. The zero-order valence-corrected chi connectivity index (χ0v) is 15.0. The first-order valence-electron chi connectivity index (χ1n) is 8.67. The molecule has 0 spiro atoms. The van der Waals surface area contributed by atoms with Gasteiger partial charge in [-0.15, -0.1) is 0 Å². The fourth-order valence-corrected chi connectivity index (χ4v) is 3.37. The van der Waals surface area contributed by atoms with E-state index in [1.165, 1.54) is 6.42 Å². The lowest BCUT2D eigenvalue weighted by atomic mass is 10.0. The van der Waals surface area contributed by atoms with E-state index in [9.17, 15) is 4.79 Å². The quantitative estimate of drug-likeness (QED) is 0.775. The Kier molecular flexibility index (Phi) is 5.26. The van der Waals surface area contributed by atoms with Crippen molar-refractivity contribution in [2.24, 2.45) is 0 Å². The molecule has 134 valence electrons. The van der Waals surface area contributed by atoms with Gasteiger partial charge in [-0.3, -0.25) is 4.98 Å². The van der Waals surface area contributed by atoms with Gasteiger partial charge in [-0.2, -0.15) is 0 Å². The van der Waals surface area contributed by atoms with E-state index in [0.717, 1.165) is 37.0 Å². The number of anilines is 1. The molecule has 0 radical (unpaired) electrons. The molecule has 2 heterocycles. The standard InChI is InChI=1S/C19H24N2O4/c1-4-25-19(22)13-12-20-17-15(24-3)9-8-14(23-2)16(17)18(13)21-10-6-5-7-11-21/h8-9,12H,4-7,10-11H2,1-3H3. The Balaban J connectivity index is 2.30. The number of aromatic nitrogens is 1. The van der Waals surface area contributed by atoms with Gasteiger partial charge >= 0.3 is 5.97 Å². The summed E-state index contributed by atoms with van der Waals surface area (Å²) in [6.07, 6.45) is 4.98. The van der Waals surface area contributed by atoms with Crippen LogP contribution in [0.25, 0.3) is 10.9 Å². The van der Waals surface area contributed by atoms with Gasteiger partial charge in [0.25, 0.3) is 0 Å². The average Bonchev–Trinajstić information content (AvgIpc) is 2.67. The summed E-state index contributed by atoms with van der Waals surface area (Å²) in [4.78, 5) is 19.3. The Morgan fingerprint density at radius 2 is 1.80 bits per heavy atom. The molecule has 2 aromatic rings. The van der Waals surface area contributed by atoms with E-state index in [2.05, 4.69) is 9.88 Å².